The van der Waals surface area contributed by atoms with E-state index in [-0.39, 0.29) is 16.3 Å². The minimum atomic E-state index is -0.642. The van der Waals surface area contributed by atoms with Crippen molar-refractivity contribution >= 4 is 35.0 Å². The van der Waals surface area contributed by atoms with Crippen LogP contribution in [-0.4, -0.2) is 32.0 Å². The summed E-state index contributed by atoms with van der Waals surface area (Å²) >= 11 is 7.02. The third-order valence-electron chi connectivity index (χ3n) is 2.60. The van der Waals surface area contributed by atoms with Crippen molar-refractivity contribution in [1.82, 2.24) is 14.9 Å². The summed E-state index contributed by atoms with van der Waals surface area (Å²) in [5, 5.41) is 19.0. The number of hydrogen-bond donors (Lipinski definition) is 1. The number of carbonyl (C=O) groups excluding carboxylic acids is 1. The van der Waals surface area contributed by atoms with Crippen molar-refractivity contribution in [3.8, 4) is 0 Å². The van der Waals surface area contributed by atoms with Crippen molar-refractivity contribution in [2.45, 2.75) is 12.1 Å². The molecular formula is C11H10ClN5O3S. The van der Waals surface area contributed by atoms with E-state index in [1.165, 1.54) is 28.6 Å². The fourth-order valence-corrected chi connectivity index (χ4v) is 2.23. The Balaban J connectivity index is 2.31. The standard InChI is InChI=1S/C11H10ClN5O3S/c1-6-13-14-11(21-2)16(6)15-10(18)7-3-4-8(12)9(5-7)17(19)20/h3-5H,1-2H3,(H,15,18). The first kappa shape index (κ1) is 15.3. The molecule has 0 aliphatic heterocycles. The topological polar surface area (TPSA) is 103 Å². The average molecular weight is 328 g/mol. The number of benzene rings is 1. The van der Waals surface area contributed by atoms with Gasteiger partial charge in [-0.25, -0.2) is 4.68 Å². The van der Waals surface area contributed by atoms with Gasteiger partial charge >= 0.3 is 0 Å². The highest BCUT2D eigenvalue weighted by Crippen LogP contribution is 2.25. The number of nitrogens with one attached hydrogen (secondary N) is 1. The minimum Gasteiger partial charge on any atom is -0.267 e. The molecule has 2 aromatic rings. The first-order chi connectivity index (χ1) is 9.93. The van der Waals surface area contributed by atoms with Crippen LogP contribution in [0.1, 0.15) is 16.2 Å². The van der Waals surface area contributed by atoms with Crippen molar-refractivity contribution in [3.63, 3.8) is 0 Å². The summed E-state index contributed by atoms with van der Waals surface area (Å²) in [6, 6.07) is 3.84. The lowest BCUT2D eigenvalue weighted by Crippen LogP contribution is -2.24. The molecule has 0 radical (unpaired) electrons. The molecule has 0 aliphatic rings. The van der Waals surface area contributed by atoms with Crippen LogP contribution in [0.3, 0.4) is 0 Å². The Kier molecular flexibility index (Phi) is 4.43. The number of carbonyl (C=O) groups is 1. The molecule has 2 rings (SSSR count). The van der Waals surface area contributed by atoms with Crippen LogP contribution in [0.25, 0.3) is 0 Å². The van der Waals surface area contributed by atoms with Crippen LogP contribution in [-0.2, 0) is 0 Å². The van der Waals surface area contributed by atoms with E-state index < -0.39 is 10.8 Å². The van der Waals surface area contributed by atoms with Crippen LogP contribution >= 0.6 is 23.4 Å². The van der Waals surface area contributed by atoms with Crippen molar-refractivity contribution in [3.05, 3.63) is 44.7 Å². The highest BCUT2D eigenvalue weighted by molar-refractivity contribution is 7.98. The fraction of sp³-hybridized carbons (Fsp3) is 0.182. The van der Waals surface area contributed by atoms with Gasteiger partial charge in [0.2, 0.25) is 5.16 Å². The maximum Gasteiger partial charge on any atom is 0.288 e. The fourth-order valence-electron chi connectivity index (χ4n) is 1.56. The average Bonchev–Trinajstić information content (AvgIpc) is 2.79. The lowest BCUT2D eigenvalue weighted by atomic mass is 10.2. The Bertz CT molecular complexity index is 718. The van der Waals surface area contributed by atoms with Crippen LogP contribution in [0.4, 0.5) is 5.69 Å². The molecule has 1 N–H and O–H groups in total. The van der Waals surface area contributed by atoms with Gasteiger partial charge in [-0.2, -0.15) is 0 Å². The molecule has 0 saturated carbocycles. The molecule has 21 heavy (non-hydrogen) atoms. The number of nitrogens with zero attached hydrogens (tertiary/aromatic N) is 4. The Morgan fingerprint density at radius 1 is 1.48 bits per heavy atom. The molecule has 0 atom stereocenters. The van der Waals surface area contributed by atoms with E-state index >= 15 is 0 Å². The summed E-state index contributed by atoms with van der Waals surface area (Å²) < 4.78 is 1.41. The van der Waals surface area contributed by atoms with Crippen LogP contribution in [0.5, 0.6) is 0 Å². The first-order valence-electron chi connectivity index (χ1n) is 5.65. The Hall–Kier alpha value is -2.13. The van der Waals surface area contributed by atoms with Gasteiger partial charge in [0.1, 0.15) is 10.8 Å². The normalized spacial score (nSPS) is 10.4. The second kappa shape index (κ2) is 6.10. The lowest BCUT2D eigenvalue weighted by Gasteiger charge is -2.09. The summed E-state index contributed by atoms with van der Waals surface area (Å²) in [7, 11) is 0. The Morgan fingerprint density at radius 2 is 2.19 bits per heavy atom. The van der Waals surface area contributed by atoms with Crippen LogP contribution in [0, 0.1) is 17.0 Å². The number of amides is 1. The molecule has 1 amide bonds. The lowest BCUT2D eigenvalue weighted by molar-refractivity contribution is -0.384. The van der Waals surface area contributed by atoms with Crippen molar-refractivity contribution in [2.24, 2.45) is 0 Å². The maximum absolute atomic E-state index is 12.2. The molecule has 1 aromatic heterocycles. The molecule has 10 heteroatoms. The van der Waals surface area contributed by atoms with E-state index in [1.54, 1.807) is 13.2 Å². The summed E-state index contributed by atoms with van der Waals surface area (Å²) in [6.07, 6.45) is 1.79. The highest BCUT2D eigenvalue weighted by Gasteiger charge is 2.18. The van der Waals surface area contributed by atoms with E-state index in [4.69, 9.17) is 11.6 Å². The quantitative estimate of drug-likeness (QED) is 0.525. The molecule has 1 heterocycles. The first-order valence-corrected chi connectivity index (χ1v) is 7.25. The number of halogens is 1. The molecule has 0 spiro atoms. The van der Waals surface area contributed by atoms with E-state index in [0.29, 0.717) is 11.0 Å². The van der Waals surface area contributed by atoms with Gasteiger partial charge in [0.15, 0.2) is 0 Å². The summed E-state index contributed by atoms with van der Waals surface area (Å²) in [5.74, 6) is -0.0240. The largest absolute Gasteiger partial charge is 0.288 e. The second-order valence-electron chi connectivity index (χ2n) is 3.93. The zero-order valence-electron chi connectivity index (χ0n) is 11.0. The number of nitro groups is 1. The molecule has 0 bridgehead atoms. The van der Waals surface area contributed by atoms with E-state index in [2.05, 4.69) is 15.6 Å². The predicted octanol–water partition coefficient (Wildman–Crippen LogP) is 2.25. The van der Waals surface area contributed by atoms with Gasteiger partial charge in [-0.3, -0.25) is 20.3 Å². The second-order valence-corrected chi connectivity index (χ2v) is 5.11. The minimum absolute atomic E-state index is 0.0261. The van der Waals surface area contributed by atoms with Gasteiger partial charge < -0.3 is 0 Å². The molecule has 8 nitrogen and oxygen atoms in total. The third kappa shape index (κ3) is 3.14. The molecule has 0 unspecified atom stereocenters. The van der Waals surface area contributed by atoms with Gasteiger partial charge in [0.05, 0.1) is 4.92 Å². The zero-order chi connectivity index (χ0) is 15.6. The van der Waals surface area contributed by atoms with Crippen molar-refractivity contribution in [2.75, 3.05) is 11.7 Å². The van der Waals surface area contributed by atoms with Crippen LogP contribution < -0.4 is 5.43 Å². The van der Waals surface area contributed by atoms with Crippen LogP contribution in [0.2, 0.25) is 5.02 Å². The molecular weight excluding hydrogens is 318 g/mol. The monoisotopic (exact) mass is 327 g/mol. The molecule has 1 aromatic carbocycles. The Labute approximate surface area is 128 Å². The van der Waals surface area contributed by atoms with Gasteiger partial charge in [0.25, 0.3) is 11.6 Å². The third-order valence-corrected chi connectivity index (χ3v) is 3.55. The molecule has 0 fully saturated rings. The number of nitro benzene ring substituents is 1. The van der Waals surface area contributed by atoms with Gasteiger partial charge in [-0.1, -0.05) is 23.4 Å². The SMILES string of the molecule is CSc1nnc(C)n1NC(=O)c1ccc(Cl)c([N+](=O)[O-])c1. The highest BCUT2D eigenvalue weighted by atomic mass is 35.5. The van der Waals surface area contributed by atoms with E-state index in [1.807, 2.05) is 0 Å². The summed E-state index contributed by atoms with van der Waals surface area (Å²) in [5.41, 5.74) is 2.37. The van der Waals surface area contributed by atoms with Gasteiger partial charge in [-0.05, 0) is 25.3 Å². The molecule has 0 saturated heterocycles. The Morgan fingerprint density at radius 3 is 2.81 bits per heavy atom. The number of aromatic nitrogens is 3. The van der Waals surface area contributed by atoms with Crippen molar-refractivity contribution < 1.29 is 9.72 Å². The molecule has 110 valence electrons. The number of hydrogen-bond acceptors (Lipinski definition) is 6. The zero-order valence-corrected chi connectivity index (χ0v) is 12.6. The summed E-state index contributed by atoms with van der Waals surface area (Å²) in [6.45, 7) is 1.68. The number of rotatable bonds is 4. The van der Waals surface area contributed by atoms with E-state index in [9.17, 15) is 14.9 Å². The van der Waals surface area contributed by atoms with Crippen molar-refractivity contribution in [1.29, 1.82) is 0 Å². The van der Waals surface area contributed by atoms with Gasteiger partial charge in [0, 0.05) is 11.6 Å². The van der Waals surface area contributed by atoms with Crippen LogP contribution in [0.15, 0.2) is 23.4 Å². The number of thioether (sulfide) groups is 1. The summed E-state index contributed by atoms with van der Waals surface area (Å²) in [4.78, 5) is 22.3. The smallest absolute Gasteiger partial charge is 0.267 e. The van der Waals surface area contributed by atoms with Gasteiger partial charge in [-0.15, -0.1) is 10.2 Å². The molecule has 0 aliphatic carbocycles. The number of aryl methyl sites for hydroxylation is 1. The predicted molar refractivity (Wildman–Crippen MR) is 78.3 cm³/mol. The maximum atomic E-state index is 12.2. The van der Waals surface area contributed by atoms with E-state index in [0.717, 1.165) is 6.07 Å².